The molecule has 0 aliphatic carbocycles. The first-order chi connectivity index (χ1) is 35.5. The van der Waals surface area contributed by atoms with Crippen LogP contribution in [-0.2, 0) is 0 Å². The van der Waals surface area contributed by atoms with Crippen LogP contribution in [0.25, 0.3) is 87.6 Å². The van der Waals surface area contributed by atoms with Crippen molar-refractivity contribution in [2.45, 2.75) is 13.8 Å². The predicted octanol–water partition coefficient (Wildman–Crippen LogP) is 19.7. The van der Waals surface area contributed by atoms with Crippen LogP contribution in [0.5, 0.6) is 11.5 Å². The molecule has 0 spiro atoms. The third-order valence-electron chi connectivity index (χ3n) is 14.5. The van der Waals surface area contributed by atoms with E-state index >= 15 is 0 Å². The summed E-state index contributed by atoms with van der Waals surface area (Å²) in [5.74, 6) is 1.68. The van der Waals surface area contributed by atoms with Crippen LogP contribution >= 0.6 is 0 Å². The fourth-order valence-corrected chi connectivity index (χ4v) is 11.2. The first kappa shape index (κ1) is 41.6. The van der Waals surface area contributed by atoms with Crippen LogP contribution in [0.1, 0.15) is 11.1 Å². The number of anilines is 6. The van der Waals surface area contributed by atoms with Gasteiger partial charge in [0, 0.05) is 50.4 Å². The molecule has 1 aliphatic heterocycles. The van der Waals surface area contributed by atoms with E-state index in [0.717, 1.165) is 89.6 Å². The minimum absolute atomic E-state index is 0.817. The van der Waals surface area contributed by atoms with Gasteiger partial charge in [0.05, 0.1) is 17.1 Å². The van der Waals surface area contributed by atoms with E-state index in [1.54, 1.807) is 0 Å². The van der Waals surface area contributed by atoms with Crippen LogP contribution in [0, 0.1) is 13.8 Å². The fraction of sp³-hybridized carbons (Fsp3) is 0.0294. The summed E-state index contributed by atoms with van der Waals surface area (Å²) in [5.41, 5.74) is 17.3. The molecule has 0 radical (unpaired) electrons. The Morgan fingerprint density at radius 1 is 0.306 bits per heavy atom. The van der Waals surface area contributed by atoms with Crippen molar-refractivity contribution in [3.05, 3.63) is 254 Å². The van der Waals surface area contributed by atoms with Gasteiger partial charge >= 0.3 is 0 Å². The molecule has 0 saturated carbocycles. The maximum Gasteiger partial charge on any atom is 0.159 e. The molecule has 0 fully saturated rings. The molecule has 13 aromatic rings. The van der Waals surface area contributed by atoms with E-state index < -0.39 is 0 Å². The Hall–Kier alpha value is -9.38. The van der Waals surface area contributed by atoms with Gasteiger partial charge < -0.3 is 19.0 Å². The van der Waals surface area contributed by atoms with Crippen molar-refractivity contribution in [2.24, 2.45) is 0 Å². The van der Waals surface area contributed by atoms with Gasteiger partial charge in [-0.05, 0) is 154 Å². The number of furan rings is 1. The van der Waals surface area contributed by atoms with Crippen LogP contribution in [0.3, 0.4) is 0 Å². The molecular formula is C68H46N2O2. The highest BCUT2D eigenvalue weighted by molar-refractivity contribution is 6.26. The average Bonchev–Trinajstić information content (AvgIpc) is 3.81. The number of aryl methyl sites for hydroxylation is 2. The zero-order chi connectivity index (χ0) is 47.9. The second-order valence-electron chi connectivity index (χ2n) is 19.0. The molecule has 0 N–H and O–H groups in total. The van der Waals surface area contributed by atoms with E-state index in [1.165, 1.54) is 54.7 Å². The van der Waals surface area contributed by atoms with Gasteiger partial charge in [0.1, 0.15) is 17.1 Å². The van der Waals surface area contributed by atoms with E-state index in [-0.39, 0.29) is 0 Å². The first-order valence-corrected chi connectivity index (χ1v) is 24.6. The monoisotopic (exact) mass is 922 g/mol. The molecule has 1 aliphatic rings. The fourth-order valence-electron chi connectivity index (χ4n) is 11.2. The van der Waals surface area contributed by atoms with Crippen LogP contribution in [0.4, 0.5) is 34.1 Å². The SMILES string of the molecule is Cc1ccc2c(-c3ccc(N(c4ccccc4)c4ccccc4-c4ccccc4)cc3)cc3c4cc(C)cc5c4c(cc3c2c1)-c1ccc(N(c2ccccc2)c2cccc3c2oc2ccccc23)cc1O5. The van der Waals surface area contributed by atoms with Gasteiger partial charge in [-0.1, -0.05) is 157 Å². The Balaban J connectivity index is 0.918. The largest absolute Gasteiger partial charge is 0.456 e. The molecule has 340 valence electrons. The smallest absolute Gasteiger partial charge is 0.159 e. The quantitative estimate of drug-likeness (QED) is 0.142. The Bertz CT molecular complexity index is 4260. The highest BCUT2D eigenvalue weighted by Crippen LogP contribution is 2.53. The van der Waals surface area contributed by atoms with Crippen molar-refractivity contribution in [1.82, 2.24) is 0 Å². The molecule has 0 bridgehead atoms. The van der Waals surface area contributed by atoms with Gasteiger partial charge in [0.2, 0.25) is 0 Å². The number of para-hydroxylation sites is 5. The van der Waals surface area contributed by atoms with E-state index in [2.05, 4.69) is 254 Å². The van der Waals surface area contributed by atoms with Crippen molar-refractivity contribution >= 4 is 88.4 Å². The van der Waals surface area contributed by atoms with Crippen molar-refractivity contribution in [3.8, 4) is 44.9 Å². The van der Waals surface area contributed by atoms with Crippen LogP contribution in [-0.4, -0.2) is 0 Å². The molecule has 4 nitrogen and oxygen atoms in total. The third-order valence-corrected chi connectivity index (χ3v) is 14.5. The Morgan fingerprint density at radius 3 is 1.68 bits per heavy atom. The molecule has 72 heavy (non-hydrogen) atoms. The first-order valence-electron chi connectivity index (χ1n) is 24.6. The van der Waals surface area contributed by atoms with Gasteiger partial charge in [0.25, 0.3) is 0 Å². The second kappa shape index (κ2) is 16.6. The minimum atomic E-state index is 0.817. The summed E-state index contributed by atoms with van der Waals surface area (Å²) in [6.07, 6.45) is 0. The lowest BCUT2D eigenvalue weighted by Crippen LogP contribution is -2.11. The van der Waals surface area contributed by atoms with Crippen LogP contribution < -0.4 is 14.5 Å². The van der Waals surface area contributed by atoms with Crippen molar-refractivity contribution in [3.63, 3.8) is 0 Å². The van der Waals surface area contributed by atoms with Gasteiger partial charge in [0.15, 0.2) is 5.58 Å². The summed E-state index contributed by atoms with van der Waals surface area (Å²) in [6, 6.07) is 87.2. The van der Waals surface area contributed by atoms with Crippen molar-refractivity contribution in [1.29, 1.82) is 0 Å². The highest BCUT2D eigenvalue weighted by atomic mass is 16.5. The predicted molar refractivity (Wildman–Crippen MR) is 301 cm³/mol. The van der Waals surface area contributed by atoms with Crippen molar-refractivity contribution in [2.75, 3.05) is 9.80 Å². The highest BCUT2D eigenvalue weighted by Gasteiger charge is 2.27. The lowest BCUT2D eigenvalue weighted by molar-refractivity contribution is 0.487. The summed E-state index contributed by atoms with van der Waals surface area (Å²) >= 11 is 0. The molecular weight excluding hydrogens is 877 g/mol. The molecule has 4 heteroatoms. The number of hydrogen-bond acceptors (Lipinski definition) is 4. The molecule has 0 unspecified atom stereocenters. The van der Waals surface area contributed by atoms with Gasteiger partial charge in [-0.15, -0.1) is 0 Å². The zero-order valence-electron chi connectivity index (χ0n) is 39.8. The molecule has 0 amide bonds. The summed E-state index contributed by atoms with van der Waals surface area (Å²) < 4.78 is 13.7. The molecule has 14 rings (SSSR count). The number of benzene rings is 12. The molecule has 0 atom stereocenters. The number of nitrogens with zero attached hydrogens (tertiary/aromatic N) is 2. The Morgan fingerprint density at radius 2 is 0.889 bits per heavy atom. The second-order valence-corrected chi connectivity index (χ2v) is 19.0. The number of rotatable bonds is 8. The maximum absolute atomic E-state index is 7.09. The summed E-state index contributed by atoms with van der Waals surface area (Å²) in [6.45, 7) is 4.37. The lowest BCUT2D eigenvalue weighted by atomic mass is 9.85. The van der Waals surface area contributed by atoms with E-state index in [9.17, 15) is 0 Å². The average molecular weight is 923 g/mol. The van der Waals surface area contributed by atoms with Gasteiger partial charge in [-0.2, -0.15) is 0 Å². The topological polar surface area (TPSA) is 28.9 Å². The van der Waals surface area contributed by atoms with E-state index in [4.69, 9.17) is 9.15 Å². The summed E-state index contributed by atoms with van der Waals surface area (Å²) in [5, 5.41) is 9.37. The lowest BCUT2D eigenvalue weighted by Gasteiger charge is -2.28. The normalized spacial score (nSPS) is 11.9. The van der Waals surface area contributed by atoms with Crippen LogP contribution in [0.15, 0.2) is 247 Å². The number of hydrogen-bond donors (Lipinski definition) is 0. The maximum atomic E-state index is 7.09. The van der Waals surface area contributed by atoms with Gasteiger partial charge in [-0.25, -0.2) is 0 Å². The number of fused-ring (bicyclic) bond motifs is 9. The standard InChI is InChI=1S/C68H46N2O2/c1-43-29-35-52-56(46-30-32-49(33-31-46)69(47-19-8-4-9-20-47)62-26-14-12-23-51(62)45-17-6-3-7-18-45)41-59-58(57(52)37-43)42-61-54-36-34-50(40-65(54)71-66-39-44(2)38-60(59)67(61)66)70(48-21-10-5-11-22-48)63-27-16-25-55-53-24-13-15-28-64(53)72-68(55)63/h3-42H,1-2H3. The molecule has 2 heterocycles. The Kier molecular flexibility index (Phi) is 9.62. The summed E-state index contributed by atoms with van der Waals surface area (Å²) in [7, 11) is 0. The van der Waals surface area contributed by atoms with Crippen LogP contribution in [0.2, 0.25) is 0 Å². The van der Waals surface area contributed by atoms with E-state index in [0.29, 0.717) is 0 Å². The summed E-state index contributed by atoms with van der Waals surface area (Å²) in [4.78, 5) is 4.65. The zero-order valence-corrected chi connectivity index (χ0v) is 39.8. The third kappa shape index (κ3) is 6.75. The van der Waals surface area contributed by atoms with Gasteiger partial charge in [-0.3, -0.25) is 0 Å². The minimum Gasteiger partial charge on any atom is -0.456 e. The molecule has 1 aromatic heterocycles. The van der Waals surface area contributed by atoms with E-state index in [1.807, 2.05) is 12.1 Å². The molecule has 12 aromatic carbocycles. The Labute approximate surface area is 417 Å². The molecule has 0 saturated heterocycles. The number of ether oxygens (including phenoxy) is 1. The van der Waals surface area contributed by atoms with Crippen molar-refractivity contribution < 1.29 is 9.15 Å².